The predicted octanol–water partition coefficient (Wildman–Crippen LogP) is 3.20. The molecule has 0 fully saturated rings. The molecule has 174 valence electrons. The highest BCUT2D eigenvalue weighted by Crippen LogP contribution is 2.30. The predicted molar refractivity (Wildman–Crippen MR) is 125 cm³/mol. The maximum absolute atomic E-state index is 12.3. The summed E-state index contributed by atoms with van der Waals surface area (Å²) in [5.41, 5.74) is 0.596. The minimum atomic E-state index is -0.238. The number of hydrogen-bond acceptors (Lipinski definition) is 6. The van der Waals surface area contributed by atoms with Crippen molar-refractivity contribution in [3.8, 4) is 17.2 Å². The van der Waals surface area contributed by atoms with Gasteiger partial charge in [0.05, 0.1) is 32.8 Å². The van der Waals surface area contributed by atoms with E-state index in [1.807, 2.05) is 13.8 Å². The van der Waals surface area contributed by atoms with Gasteiger partial charge in [0.15, 0.2) is 11.5 Å². The summed E-state index contributed by atoms with van der Waals surface area (Å²) in [5.74, 6) is 1.44. The van der Waals surface area contributed by atoms with Gasteiger partial charge in [0.1, 0.15) is 12.4 Å². The molecule has 0 heterocycles. The number of nitrogens with zero attached hydrogens (tertiary/aromatic N) is 1. The zero-order chi connectivity index (χ0) is 23.3. The first-order valence-electron chi connectivity index (χ1n) is 10.4. The molecular weight excluding hydrogens is 434 g/mol. The number of hydrogen-bond donors (Lipinski definition) is 2. The van der Waals surface area contributed by atoms with Crippen molar-refractivity contribution in [1.82, 2.24) is 10.2 Å². The largest absolute Gasteiger partial charge is 0.492 e. The number of benzene rings is 2. The van der Waals surface area contributed by atoms with Crippen molar-refractivity contribution < 1.29 is 23.8 Å². The standard InChI is InChI=1S/C23H30ClN3O5/c1-4-30-20-11-8-18(14-21(20)31-5-2)26-23(29)16-27(3)15-22(28)25-12-13-32-19-9-6-17(24)7-10-19/h6-11,14H,4-5,12-13,15-16H2,1-3H3,(H,25,28)(H,26,29). The second-order valence-electron chi connectivity index (χ2n) is 6.90. The Labute approximate surface area is 193 Å². The molecule has 0 bridgehead atoms. The van der Waals surface area contributed by atoms with Gasteiger partial charge in [-0.1, -0.05) is 11.6 Å². The summed E-state index contributed by atoms with van der Waals surface area (Å²) in [6.45, 7) is 5.61. The van der Waals surface area contributed by atoms with Crippen LogP contribution < -0.4 is 24.8 Å². The molecule has 32 heavy (non-hydrogen) atoms. The summed E-state index contributed by atoms with van der Waals surface area (Å²) >= 11 is 5.83. The number of rotatable bonds is 13. The third kappa shape index (κ3) is 9.03. The third-order valence-corrected chi connectivity index (χ3v) is 4.41. The fourth-order valence-corrected chi connectivity index (χ4v) is 2.95. The van der Waals surface area contributed by atoms with E-state index in [-0.39, 0.29) is 24.9 Å². The number of amides is 2. The Morgan fingerprint density at radius 3 is 2.25 bits per heavy atom. The molecule has 2 N–H and O–H groups in total. The summed E-state index contributed by atoms with van der Waals surface area (Å²) < 4.78 is 16.6. The van der Waals surface area contributed by atoms with Crippen LogP contribution in [0.15, 0.2) is 42.5 Å². The average molecular weight is 464 g/mol. The summed E-state index contributed by atoms with van der Waals surface area (Å²) in [6, 6.07) is 12.2. The second-order valence-corrected chi connectivity index (χ2v) is 7.34. The lowest BCUT2D eigenvalue weighted by Gasteiger charge is -2.17. The average Bonchev–Trinajstić information content (AvgIpc) is 2.74. The lowest BCUT2D eigenvalue weighted by Crippen LogP contribution is -2.40. The molecule has 0 atom stereocenters. The number of carbonyl (C=O) groups is 2. The fraction of sp³-hybridized carbons (Fsp3) is 0.391. The summed E-state index contributed by atoms with van der Waals surface area (Å²) in [7, 11) is 1.70. The summed E-state index contributed by atoms with van der Waals surface area (Å²) in [6.07, 6.45) is 0. The van der Waals surface area contributed by atoms with Gasteiger partial charge in [0.25, 0.3) is 0 Å². The minimum absolute atomic E-state index is 0.0614. The molecule has 0 aliphatic carbocycles. The Morgan fingerprint density at radius 2 is 1.56 bits per heavy atom. The number of carbonyl (C=O) groups excluding carboxylic acids is 2. The van der Waals surface area contributed by atoms with Gasteiger partial charge >= 0.3 is 0 Å². The maximum Gasteiger partial charge on any atom is 0.238 e. The van der Waals surface area contributed by atoms with E-state index in [0.717, 1.165) is 0 Å². The molecule has 0 aliphatic rings. The molecule has 0 aliphatic heterocycles. The van der Waals surface area contributed by atoms with Crippen LogP contribution in [0.3, 0.4) is 0 Å². The summed E-state index contributed by atoms with van der Waals surface area (Å²) in [5, 5.41) is 6.21. The van der Waals surface area contributed by atoms with Crippen molar-refractivity contribution in [2.45, 2.75) is 13.8 Å². The zero-order valence-electron chi connectivity index (χ0n) is 18.7. The van der Waals surface area contributed by atoms with Gasteiger partial charge in [-0.2, -0.15) is 0 Å². The third-order valence-electron chi connectivity index (χ3n) is 4.16. The number of likely N-dealkylation sites (N-methyl/N-ethyl adjacent to an activating group) is 1. The first kappa shape index (κ1) is 25.3. The highest BCUT2D eigenvalue weighted by Gasteiger charge is 2.12. The number of halogens is 1. The Kier molecular flexibility index (Phi) is 10.6. The molecule has 0 saturated heterocycles. The molecule has 2 rings (SSSR count). The molecule has 0 aromatic heterocycles. The summed E-state index contributed by atoms with van der Waals surface area (Å²) in [4.78, 5) is 26.0. The second kappa shape index (κ2) is 13.4. The van der Waals surface area contributed by atoms with Gasteiger partial charge in [0, 0.05) is 16.8 Å². The van der Waals surface area contributed by atoms with E-state index in [1.165, 1.54) is 0 Å². The highest BCUT2D eigenvalue weighted by molar-refractivity contribution is 6.30. The van der Waals surface area contributed by atoms with Crippen LogP contribution >= 0.6 is 11.6 Å². The Bertz CT molecular complexity index is 876. The molecule has 9 heteroatoms. The van der Waals surface area contributed by atoms with Crippen LogP contribution in [0.2, 0.25) is 5.02 Å². The molecule has 2 aromatic rings. The van der Waals surface area contributed by atoms with Crippen LogP contribution in [0.1, 0.15) is 13.8 Å². The van der Waals surface area contributed by atoms with Gasteiger partial charge in [-0.05, 0) is 57.3 Å². The van der Waals surface area contributed by atoms with Gasteiger partial charge < -0.3 is 24.8 Å². The molecule has 2 amide bonds. The maximum atomic E-state index is 12.3. The number of nitrogens with one attached hydrogen (secondary N) is 2. The molecular formula is C23H30ClN3O5. The molecule has 0 radical (unpaired) electrons. The van der Waals surface area contributed by atoms with Crippen LogP contribution in [-0.4, -0.2) is 63.2 Å². The number of ether oxygens (including phenoxy) is 3. The Balaban J connectivity index is 1.71. The van der Waals surface area contributed by atoms with Crippen molar-refractivity contribution in [3.05, 3.63) is 47.5 Å². The van der Waals surface area contributed by atoms with E-state index >= 15 is 0 Å². The van der Waals surface area contributed by atoms with E-state index in [0.29, 0.717) is 54.3 Å². The van der Waals surface area contributed by atoms with Gasteiger partial charge in [-0.15, -0.1) is 0 Å². The van der Waals surface area contributed by atoms with E-state index in [4.69, 9.17) is 25.8 Å². The van der Waals surface area contributed by atoms with Gasteiger partial charge in [-0.3, -0.25) is 14.5 Å². The molecule has 0 spiro atoms. The van der Waals surface area contributed by atoms with Crippen molar-refractivity contribution in [3.63, 3.8) is 0 Å². The minimum Gasteiger partial charge on any atom is -0.492 e. The Morgan fingerprint density at radius 1 is 0.906 bits per heavy atom. The normalized spacial score (nSPS) is 10.5. The molecule has 0 unspecified atom stereocenters. The topological polar surface area (TPSA) is 89.1 Å². The molecule has 0 saturated carbocycles. The smallest absolute Gasteiger partial charge is 0.238 e. The lowest BCUT2D eigenvalue weighted by molar-refractivity contribution is -0.123. The molecule has 8 nitrogen and oxygen atoms in total. The fourth-order valence-electron chi connectivity index (χ4n) is 2.82. The first-order chi connectivity index (χ1) is 15.4. The highest BCUT2D eigenvalue weighted by atomic mass is 35.5. The van der Waals surface area contributed by atoms with Crippen molar-refractivity contribution in [1.29, 1.82) is 0 Å². The van der Waals surface area contributed by atoms with Crippen molar-refractivity contribution in [2.75, 3.05) is 51.8 Å². The van der Waals surface area contributed by atoms with Gasteiger partial charge in [-0.25, -0.2) is 0 Å². The van der Waals surface area contributed by atoms with Crippen LogP contribution in [-0.2, 0) is 9.59 Å². The van der Waals surface area contributed by atoms with Crippen LogP contribution in [0.25, 0.3) is 0 Å². The quantitative estimate of drug-likeness (QED) is 0.443. The van der Waals surface area contributed by atoms with E-state index < -0.39 is 0 Å². The first-order valence-corrected chi connectivity index (χ1v) is 10.8. The van der Waals surface area contributed by atoms with Crippen LogP contribution in [0.5, 0.6) is 17.2 Å². The van der Waals surface area contributed by atoms with Crippen molar-refractivity contribution in [2.24, 2.45) is 0 Å². The van der Waals surface area contributed by atoms with Crippen LogP contribution in [0, 0.1) is 0 Å². The van der Waals surface area contributed by atoms with E-state index in [9.17, 15) is 9.59 Å². The lowest BCUT2D eigenvalue weighted by atomic mass is 10.2. The van der Waals surface area contributed by atoms with Crippen molar-refractivity contribution >= 4 is 29.1 Å². The number of anilines is 1. The van der Waals surface area contributed by atoms with Gasteiger partial charge in [0.2, 0.25) is 11.8 Å². The molecule has 2 aromatic carbocycles. The SMILES string of the molecule is CCOc1ccc(NC(=O)CN(C)CC(=O)NCCOc2ccc(Cl)cc2)cc1OCC. The van der Waals surface area contributed by atoms with Crippen LogP contribution in [0.4, 0.5) is 5.69 Å². The van der Waals surface area contributed by atoms with E-state index in [1.54, 1.807) is 54.4 Å². The monoisotopic (exact) mass is 463 g/mol. The Hall–Kier alpha value is -2.97. The zero-order valence-corrected chi connectivity index (χ0v) is 19.4. The van der Waals surface area contributed by atoms with E-state index in [2.05, 4.69) is 10.6 Å².